The number of carbonyl (C=O) groups is 2. The molecule has 1 aromatic rings. The number of hydrogen-bond acceptors (Lipinski definition) is 4. The summed E-state index contributed by atoms with van der Waals surface area (Å²) in [6, 6.07) is 7.01. The molecule has 2 amide bonds. The largest absolute Gasteiger partial charge is 0.369 e. The highest BCUT2D eigenvalue weighted by atomic mass is 16.5. The summed E-state index contributed by atoms with van der Waals surface area (Å²) in [7, 11) is 3.65. The maximum Gasteiger partial charge on any atom is 0.250 e. The fourth-order valence-electron chi connectivity index (χ4n) is 1.60. The second-order valence-electron chi connectivity index (χ2n) is 5.27. The normalized spacial score (nSPS) is 10.8. The molecule has 116 valence electrons. The minimum Gasteiger partial charge on any atom is -0.369 e. The van der Waals surface area contributed by atoms with E-state index < -0.39 is 0 Å². The molecule has 0 aliphatic heterocycles. The van der Waals surface area contributed by atoms with Gasteiger partial charge >= 0.3 is 0 Å². The van der Waals surface area contributed by atoms with Gasteiger partial charge in [-0.2, -0.15) is 0 Å². The highest BCUT2D eigenvalue weighted by Crippen LogP contribution is 2.15. The number of hydrogen-bond donors (Lipinski definition) is 2. The average molecular weight is 293 g/mol. The Morgan fingerprint density at radius 3 is 2.24 bits per heavy atom. The molecule has 2 N–H and O–H groups in total. The first-order valence-corrected chi connectivity index (χ1v) is 6.83. The summed E-state index contributed by atoms with van der Waals surface area (Å²) in [6.45, 7) is 4.05. The van der Waals surface area contributed by atoms with Gasteiger partial charge in [-0.05, 0) is 46.1 Å². The molecule has 0 heterocycles. The van der Waals surface area contributed by atoms with Crippen molar-refractivity contribution in [3.05, 3.63) is 24.3 Å². The van der Waals surface area contributed by atoms with Gasteiger partial charge in [0.2, 0.25) is 11.8 Å². The molecule has 0 bridgehead atoms. The van der Waals surface area contributed by atoms with Crippen LogP contribution in [0.5, 0.6) is 0 Å². The fraction of sp³-hybridized carbons (Fsp3) is 0.467. The van der Waals surface area contributed by atoms with Crippen LogP contribution in [-0.2, 0) is 14.3 Å². The molecular formula is C15H23N3O3. The Morgan fingerprint density at radius 2 is 1.71 bits per heavy atom. The monoisotopic (exact) mass is 293 g/mol. The maximum absolute atomic E-state index is 11.7. The Kier molecular flexibility index (Phi) is 6.84. The molecule has 6 heteroatoms. The summed E-state index contributed by atoms with van der Waals surface area (Å²) >= 11 is 0. The third kappa shape index (κ3) is 7.43. The van der Waals surface area contributed by atoms with Crippen LogP contribution in [-0.4, -0.2) is 50.1 Å². The second kappa shape index (κ2) is 8.39. The fourth-order valence-corrected chi connectivity index (χ4v) is 1.60. The predicted octanol–water partition coefficient (Wildman–Crippen LogP) is 1.55. The van der Waals surface area contributed by atoms with E-state index in [9.17, 15) is 9.59 Å². The number of nitrogens with zero attached hydrogens (tertiary/aromatic N) is 1. The minimum atomic E-state index is -0.222. The van der Waals surface area contributed by atoms with Gasteiger partial charge in [0, 0.05) is 11.4 Å². The van der Waals surface area contributed by atoms with Gasteiger partial charge in [0.25, 0.3) is 0 Å². The number of likely N-dealkylation sites (N-methyl/N-ethyl adjacent to an activating group) is 1. The van der Waals surface area contributed by atoms with Gasteiger partial charge in [0.1, 0.15) is 6.61 Å². The highest BCUT2D eigenvalue weighted by Gasteiger charge is 2.07. The van der Waals surface area contributed by atoms with Gasteiger partial charge in [-0.3, -0.25) is 9.59 Å². The molecule has 0 atom stereocenters. The Balaban J connectivity index is 2.56. The zero-order valence-electron chi connectivity index (χ0n) is 13.0. The third-order valence-corrected chi connectivity index (χ3v) is 2.44. The Labute approximate surface area is 125 Å². The lowest BCUT2D eigenvalue weighted by Crippen LogP contribution is -2.27. The number of benzene rings is 1. The van der Waals surface area contributed by atoms with Crippen LogP contribution in [0.2, 0.25) is 0 Å². The third-order valence-electron chi connectivity index (χ3n) is 2.44. The van der Waals surface area contributed by atoms with Crippen LogP contribution < -0.4 is 10.6 Å². The van der Waals surface area contributed by atoms with Crippen LogP contribution in [0.3, 0.4) is 0 Å². The van der Waals surface area contributed by atoms with Crippen LogP contribution in [0.1, 0.15) is 13.8 Å². The van der Waals surface area contributed by atoms with E-state index in [1.165, 1.54) is 0 Å². The van der Waals surface area contributed by atoms with Crippen molar-refractivity contribution in [1.82, 2.24) is 4.90 Å². The number of rotatable bonds is 7. The predicted molar refractivity (Wildman–Crippen MR) is 83.3 cm³/mol. The number of nitrogens with one attached hydrogen (secondary N) is 2. The Bertz CT molecular complexity index is 487. The molecular weight excluding hydrogens is 270 g/mol. The summed E-state index contributed by atoms with van der Waals surface area (Å²) in [5.41, 5.74) is 1.26. The summed E-state index contributed by atoms with van der Waals surface area (Å²) < 4.78 is 5.23. The van der Waals surface area contributed by atoms with E-state index in [2.05, 4.69) is 10.6 Å². The van der Waals surface area contributed by atoms with E-state index in [4.69, 9.17) is 4.74 Å². The van der Waals surface area contributed by atoms with Crippen LogP contribution in [0.15, 0.2) is 24.3 Å². The molecule has 6 nitrogen and oxygen atoms in total. The first kappa shape index (κ1) is 17.1. The lowest BCUT2D eigenvalue weighted by atomic mass is 10.2. The Morgan fingerprint density at radius 1 is 1.14 bits per heavy atom. The highest BCUT2D eigenvalue weighted by molar-refractivity contribution is 5.95. The van der Waals surface area contributed by atoms with Crippen molar-refractivity contribution in [2.75, 3.05) is 37.9 Å². The van der Waals surface area contributed by atoms with Crippen molar-refractivity contribution in [3.63, 3.8) is 0 Å². The lowest BCUT2D eigenvalue weighted by Gasteiger charge is -2.12. The molecule has 1 rings (SSSR count). The van der Waals surface area contributed by atoms with Crippen molar-refractivity contribution in [1.29, 1.82) is 0 Å². The van der Waals surface area contributed by atoms with Gasteiger partial charge in [-0.15, -0.1) is 0 Å². The van der Waals surface area contributed by atoms with Crippen LogP contribution in [0, 0.1) is 0 Å². The molecule has 0 saturated carbocycles. The van der Waals surface area contributed by atoms with Gasteiger partial charge in [0.05, 0.1) is 12.6 Å². The minimum absolute atomic E-state index is 0.00686. The SMILES string of the molecule is CC(C)OCC(=O)Nc1cccc(NC(=O)CN(C)C)c1. The maximum atomic E-state index is 11.7. The summed E-state index contributed by atoms with van der Waals surface area (Å²) in [6.07, 6.45) is 0.00686. The number of carbonyl (C=O) groups excluding carboxylic acids is 2. The van der Waals surface area contributed by atoms with Crippen molar-refractivity contribution in [3.8, 4) is 0 Å². The standard InChI is InChI=1S/C15H23N3O3/c1-11(2)21-10-15(20)17-13-7-5-6-12(8-13)16-14(19)9-18(3)4/h5-8,11H,9-10H2,1-4H3,(H,16,19)(H,17,20). The van der Waals surface area contributed by atoms with E-state index in [-0.39, 0.29) is 24.5 Å². The zero-order valence-corrected chi connectivity index (χ0v) is 13.0. The van der Waals surface area contributed by atoms with E-state index in [1.807, 2.05) is 27.9 Å². The first-order valence-electron chi connectivity index (χ1n) is 6.83. The van der Waals surface area contributed by atoms with E-state index in [1.54, 1.807) is 29.2 Å². The molecule has 0 aliphatic rings. The van der Waals surface area contributed by atoms with E-state index in [0.29, 0.717) is 17.9 Å². The number of anilines is 2. The molecule has 0 spiro atoms. The molecule has 0 fully saturated rings. The molecule has 0 aromatic heterocycles. The van der Waals surface area contributed by atoms with Crippen LogP contribution >= 0.6 is 0 Å². The van der Waals surface area contributed by atoms with Crippen molar-refractivity contribution >= 4 is 23.2 Å². The molecule has 0 aliphatic carbocycles. The van der Waals surface area contributed by atoms with Gasteiger partial charge in [-0.25, -0.2) is 0 Å². The smallest absolute Gasteiger partial charge is 0.250 e. The quantitative estimate of drug-likeness (QED) is 0.800. The molecule has 21 heavy (non-hydrogen) atoms. The summed E-state index contributed by atoms with van der Waals surface area (Å²) in [4.78, 5) is 25.1. The molecule has 1 aromatic carbocycles. The number of ether oxygens (including phenoxy) is 1. The van der Waals surface area contributed by atoms with Crippen molar-refractivity contribution in [2.24, 2.45) is 0 Å². The summed E-state index contributed by atoms with van der Waals surface area (Å²) in [5, 5.41) is 5.50. The van der Waals surface area contributed by atoms with Crippen molar-refractivity contribution in [2.45, 2.75) is 20.0 Å². The second-order valence-corrected chi connectivity index (χ2v) is 5.27. The van der Waals surface area contributed by atoms with Crippen LogP contribution in [0.4, 0.5) is 11.4 Å². The van der Waals surface area contributed by atoms with Gasteiger partial charge < -0.3 is 20.3 Å². The van der Waals surface area contributed by atoms with Gasteiger partial charge in [-0.1, -0.05) is 6.07 Å². The van der Waals surface area contributed by atoms with Crippen LogP contribution in [0.25, 0.3) is 0 Å². The Hall–Kier alpha value is -1.92. The first-order chi connectivity index (χ1) is 9.86. The van der Waals surface area contributed by atoms with E-state index in [0.717, 1.165) is 0 Å². The zero-order chi connectivity index (χ0) is 15.8. The van der Waals surface area contributed by atoms with Crippen molar-refractivity contribution < 1.29 is 14.3 Å². The molecule has 0 radical (unpaired) electrons. The molecule has 0 unspecified atom stereocenters. The average Bonchev–Trinajstić information content (AvgIpc) is 2.35. The van der Waals surface area contributed by atoms with Gasteiger partial charge in [0.15, 0.2) is 0 Å². The topological polar surface area (TPSA) is 70.7 Å². The van der Waals surface area contributed by atoms with E-state index >= 15 is 0 Å². The summed E-state index contributed by atoms with van der Waals surface area (Å²) in [5.74, 6) is -0.327. The number of amides is 2. The molecule has 0 saturated heterocycles. The lowest BCUT2D eigenvalue weighted by molar-refractivity contribution is -0.122.